The van der Waals surface area contributed by atoms with Crippen LogP contribution in [0.15, 0.2) is 30.3 Å². The number of hydrogen-bond donors (Lipinski definition) is 2. The Labute approximate surface area is 135 Å². The number of aliphatic hydroxyl groups excluding tert-OH is 1. The normalized spacial score (nSPS) is 29.2. The Hall–Kier alpha value is -2.08. The molecule has 0 aromatic heterocycles. The Morgan fingerprint density at radius 1 is 1.30 bits per heavy atom. The van der Waals surface area contributed by atoms with Crippen molar-refractivity contribution in [1.82, 2.24) is 10.2 Å². The van der Waals surface area contributed by atoms with E-state index in [1.165, 1.54) is 4.90 Å². The van der Waals surface area contributed by atoms with Gasteiger partial charge in [0, 0.05) is 12.5 Å². The standard InChI is InChI=1S/C17H22N2O4/c1-11-7-14(11)18-16(21)15-8-13(20)9-19(15)17(22)23-10-12-5-3-2-4-6-12/h2-6,11,13-15,20H,7-10H2,1H3,(H,18,21)/t11?,13-,14?,15+/m1/s1. The zero-order chi connectivity index (χ0) is 16.4. The maximum absolute atomic E-state index is 12.3. The first-order valence-corrected chi connectivity index (χ1v) is 8.00. The number of amides is 2. The first-order valence-electron chi connectivity index (χ1n) is 8.00. The number of nitrogens with one attached hydrogen (secondary N) is 1. The number of nitrogens with zero attached hydrogens (tertiary/aromatic N) is 1. The van der Waals surface area contributed by atoms with Gasteiger partial charge in [0.2, 0.25) is 5.91 Å². The van der Waals surface area contributed by atoms with Gasteiger partial charge in [-0.3, -0.25) is 9.69 Å². The summed E-state index contributed by atoms with van der Waals surface area (Å²) in [5, 5.41) is 12.8. The van der Waals surface area contributed by atoms with Gasteiger partial charge in [0.25, 0.3) is 0 Å². The van der Waals surface area contributed by atoms with Gasteiger partial charge in [-0.2, -0.15) is 0 Å². The third-order valence-corrected chi connectivity index (χ3v) is 4.46. The third kappa shape index (κ3) is 3.82. The van der Waals surface area contributed by atoms with E-state index >= 15 is 0 Å². The molecule has 2 N–H and O–H groups in total. The molecule has 0 spiro atoms. The molecule has 6 nitrogen and oxygen atoms in total. The fraction of sp³-hybridized carbons (Fsp3) is 0.529. The van der Waals surface area contributed by atoms with Crippen LogP contribution in [0.4, 0.5) is 4.79 Å². The van der Waals surface area contributed by atoms with Gasteiger partial charge in [-0.1, -0.05) is 37.3 Å². The van der Waals surface area contributed by atoms with E-state index in [4.69, 9.17) is 4.74 Å². The Bertz CT molecular complexity index is 577. The molecule has 124 valence electrons. The highest BCUT2D eigenvalue weighted by Crippen LogP contribution is 2.30. The number of β-amino-alcohol motifs (C(OH)–C–C–N with tert-alkyl or cyclic N) is 1. The van der Waals surface area contributed by atoms with E-state index in [0.717, 1.165) is 12.0 Å². The summed E-state index contributed by atoms with van der Waals surface area (Å²) in [6.07, 6.45) is -0.0200. The van der Waals surface area contributed by atoms with Gasteiger partial charge in [0.15, 0.2) is 0 Å². The van der Waals surface area contributed by atoms with Gasteiger partial charge in [-0.15, -0.1) is 0 Å². The predicted octanol–water partition coefficient (Wildman–Crippen LogP) is 1.28. The van der Waals surface area contributed by atoms with Gasteiger partial charge >= 0.3 is 6.09 Å². The molecule has 2 fully saturated rings. The fourth-order valence-corrected chi connectivity index (χ4v) is 2.87. The molecule has 23 heavy (non-hydrogen) atoms. The summed E-state index contributed by atoms with van der Waals surface area (Å²) in [7, 11) is 0. The molecular formula is C17H22N2O4. The second kappa shape index (κ2) is 6.58. The van der Waals surface area contributed by atoms with E-state index in [-0.39, 0.29) is 31.5 Å². The lowest BCUT2D eigenvalue weighted by Crippen LogP contribution is -2.46. The molecule has 0 bridgehead atoms. The van der Waals surface area contributed by atoms with Crippen LogP contribution in [0.5, 0.6) is 0 Å². The SMILES string of the molecule is CC1CC1NC(=O)[C@@H]1C[C@@H](O)CN1C(=O)OCc1ccccc1. The van der Waals surface area contributed by atoms with E-state index in [1.54, 1.807) is 0 Å². The Morgan fingerprint density at radius 3 is 2.65 bits per heavy atom. The maximum Gasteiger partial charge on any atom is 0.410 e. The van der Waals surface area contributed by atoms with Crippen LogP contribution in [0.1, 0.15) is 25.3 Å². The predicted molar refractivity (Wildman–Crippen MR) is 83.5 cm³/mol. The van der Waals surface area contributed by atoms with Gasteiger partial charge < -0.3 is 15.2 Å². The van der Waals surface area contributed by atoms with Crippen LogP contribution >= 0.6 is 0 Å². The van der Waals surface area contributed by atoms with Crippen molar-refractivity contribution in [3.8, 4) is 0 Å². The number of rotatable bonds is 4. The molecule has 2 unspecified atom stereocenters. The van der Waals surface area contributed by atoms with Crippen molar-refractivity contribution >= 4 is 12.0 Å². The van der Waals surface area contributed by atoms with Gasteiger partial charge in [-0.05, 0) is 17.9 Å². The smallest absolute Gasteiger partial charge is 0.410 e. The van der Waals surface area contributed by atoms with Crippen molar-refractivity contribution < 1.29 is 19.4 Å². The van der Waals surface area contributed by atoms with Gasteiger partial charge in [0.05, 0.1) is 12.6 Å². The molecule has 1 aliphatic carbocycles. The number of benzene rings is 1. The van der Waals surface area contributed by atoms with Crippen LogP contribution in [-0.2, 0) is 16.1 Å². The van der Waals surface area contributed by atoms with Crippen LogP contribution in [0.25, 0.3) is 0 Å². The molecule has 1 aromatic rings. The van der Waals surface area contributed by atoms with Crippen molar-refractivity contribution in [3.05, 3.63) is 35.9 Å². The van der Waals surface area contributed by atoms with Gasteiger partial charge in [0.1, 0.15) is 12.6 Å². The second-order valence-corrected chi connectivity index (χ2v) is 6.43. The van der Waals surface area contributed by atoms with E-state index in [0.29, 0.717) is 5.92 Å². The second-order valence-electron chi connectivity index (χ2n) is 6.43. The summed E-state index contributed by atoms with van der Waals surface area (Å²) >= 11 is 0. The van der Waals surface area contributed by atoms with E-state index in [1.807, 2.05) is 30.3 Å². The Balaban J connectivity index is 1.57. The molecule has 1 saturated heterocycles. The molecule has 1 aliphatic heterocycles. The summed E-state index contributed by atoms with van der Waals surface area (Å²) in [4.78, 5) is 25.9. The van der Waals surface area contributed by atoms with Crippen molar-refractivity contribution in [2.24, 2.45) is 5.92 Å². The first-order chi connectivity index (χ1) is 11.0. The van der Waals surface area contributed by atoms with Gasteiger partial charge in [-0.25, -0.2) is 4.79 Å². The number of carbonyl (C=O) groups excluding carboxylic acids is 2. The van der Waals surface area contributed by atoms with Crippen molar-refractivity contribution in [1.29, 1.82) is 0 Å². The van der Waals surface area contributed by atoms with Crippen molar-refractivity contribution in [3.63, 3.8) is 0 Å². The zero-order valence-corrected chi connectivity index (χ0v) is 13.1. The summed E-state index contributed by atoms with van der Waals surface area (Å²) in [6.45, 7) is 2.35. The minimum atomic E-state index is -0.688. The molecular weight excluding hydrogens is 296 g/mol. The lowest BCUT2D eigenvalue weighted by Gasteiger charge is -2.23. The summed E-state index contributed by atoms with van der Waals surface area (Å²) in [5.41, 5.74) is 0.883. The average Bonchev–Trinajstić information content (AvgIpc) is 3.08. The highest BCUT2D eigenvalue weighted by molar-refractivity contribution is 5.86. The lowest BCUT2D eigenvalue weighted by atomic mass is 10.2. The zero-order valence-electron chi connectivity index (χ0n) is 13.1. The van der Waals surface area contributed by atoms with Crippen molar-refractivity contribution in [2.45, 2.75) is 44.6 Å². The average molecular weight is 318 g/mol. The molecule has 1 heterocycles. The van der Waals surface area contributed by atoms with Crippen LogP contribution in [-0.4, -0.2) is 46.7 Å². The Kier molecular flexibility index (Phi) is 4.52. The molecule has 2 amide bonds. The highest BCUT2D eigenvalue weighted by atomic mass is 16.6. The van der Waals surface area contributed by atoms with E-state index in [9.17, 15) is 14.7 Å². The lowest BCUT2D eigenvalue weighted by molar-refractivity contribution is -0.125. The minimum Gasteiger partial charge on any atom is -0.445 e. The minimum absolute atomic E-state index is 0.131. The maximum atomic E-state index is 12.3. The van der Waals surface area contributed by atoms with Crippen molar-refractivity contribution in [2.75, 3.05) is 6.54 Å². The third-order valence-electron chi connectivity index (χ3n) is 4.46. The fourth-order valence-electron chi connectivity index (χ4n) is 2.87. The molecule has 1 saturated carbocycles. The molecule has 2 aliphatic rings. The molecule has 3 rings (SSSR count). The highest BCUT2D eigenvalue weighted by Gasteiger charge is 2.42. The Morgan fingerprint density at radius 2 is 2.00 bits per heavy atom. The van der Waals surface area contributed by atoms with Crippen LogP contribution in [0.3, 0.4) is 0 Å². The summed E-state index contributed by atoms with van der Waals surface area (Å²) in [5.74, 6) is 0.288. The molecule has 0 radical (unpaired) electrons. The summed E-state index contributed by atoms with van der Waals surface area (Å²) < 4.78 is 5.28. The van der Waals surface area contributed by atoms with Crippen LogP contribution in [0, 0.1) is 5.92 Å². The number of likely N-dealkylation sites (tertiary alicyclic amines) is 1. The largest absolute Gasteiger partial charge is 0.445 e. The molecule has 4 atom stereocenters. The number of carbonyl (C=O) groups is 2. The molecule has 6 heteroatoms. The summed E-state index contributed by atoms with van der Waals surface area (Å²) in [6, 6.07) is 8.91. The quantitative estimate of drug-likeness (QED) is 0.876. The number of ether oxygens (including phenoxy) is 1. The molecule has 1 aromatic carbocycles. The van der Waals surface area contributed by atoms with E-state index < -0.39 is 18.2 Å². The van der Waals surface area contributed by atoms with E-state index in [2.05, 4.69) is 12.2 Å². The van der Waals surface area contributed by atoms with Crippen LogP contribution in [0.2, 0.25) is 0 Å². The first kappa shape index (κ1) is 15.8. The number of hydrogen-bond acceptors (Lipinski definition) is 4. The van der Waals surface area contributed by atoms with Crippen LogP contribution < -0.4 is 5.32 Å². The topological polar surface area (TPSA) is 78.9 Å². The number of aliphatic hydroxyl groups is 1. The monoisotopic (exact) mass is 318 g/mol.